The highest BCUT2D eigenvalue weighted by Crippen LogP contribution is 2.19. The molecule has 0 saturated carbocycles. The number of carbonyl (C=O) groups is 2. The van der Waals surface area contributed by atoms with Gasteiger partial charge in [0.15, 0.2) is 0 Å². The van der Waals surface area contributed by atoms with Crippen molar-refractivity contribution < 1.29 is 32.6 Å². The zero-order valence-corrected chi connectivity index (χ0v) is 12.0. The van der Waals surface area contributed by atoms with Gasteiger partial charge in [0.05, 0.1) is 12.1 Å². The van der Waals surface area contributed by atoms with E-state index in [0.717, 1.165) is 0 Å². The van der Waals surface area contributed by atoms with Crippen molar-refractivity contribution in [2.45, 2.75) is 51.1 Å². The van der Waals surface area contributed by atoms with Crippen LogP contribution in [0.5, 0.6) is 0 Å². The third-order valence-electron chi connectivity index (χ3n) is 2.80. The number of piperidine rings is 1. The van der Waals surface area contributed by atoms with Crippen LogP contribution in [0.25, 0.3) is 0 Å². The van der Waals surface area contributed by atoms with Crippen LogP contribution in [0.3, 0.4) is 0 Å². The maximum Gasteiger partial charge on any atom is 0.471 e. The van der Waals surface area contributed by atoms with Crippen molar-refractivity contribution in [2.24, 2.45) is 0 Å². The minimum Gasteiger partial charge on any atom is -0.444 e. The number of alkyl halides is 3. The monoisotopic (exact) mass is 312 g/mol. The average molecular weight is 312 g/mol. The van der Waals surface area contributed by atoms with Gasteiger partial charge in [-0.3, -0.25) is 4.79 Å². The second-order valence-electron chi connectivity index (χ2n) is 5.86. The quantitative estimate of drug-likeness (QED) is 0.758. The van der Waals surface area contributed by atoms with Crippen molar-refractivity contribution in [1.82, 2.24) is 10.2 Å². The molecule has 1 fully saturated rings. The minimum absolute atomic E-state index is 0.0576. The van der Waals surface area contributed by atoms with Gasteiger partial charge in [-0.1, -0.05) is 0 Å². The molecule has 9 heteroatoms. The highest BCUT2D eigenvalue weighted by Gasteiger charge is 2.42. The largest absolute Gasteiger partial charge is 0.471 e. The minimum atomic E-state index is -5.03. The third-order valence-corrected chi connectivity index (χ3v) is 2.80. The van der Waals surface area contributed by atoms with Gasteiger partial charge in [-0.25, -0.2) is 4.79 Å². The van der Waals surface area contributed by atoms with E-state index in [1.165, 1.54) is 4.90 Å². The van der Waals surface area contributed by atoms with Crippen LogP contribution in [0.15, 0.2) is 0 Å². The Morgan fingerprint density at radius 2 is 1.86 bits per heavy atom. The van der Waals surface area contributed by atoms with Crippen molar-refractivity contribution in [3.63, 3.8) is 0 Å². The molecule has 2 atom stereocenters. The molecule has 1 rings (SSSR count). The molecule has 122 valence electrons. The lowest BCUT2D eigenvalue weighted by atomic mass is 10.0. The van der Waals surface area contributed by atoms with Gasteiger partial charge in [-0.15, -0.1) is 0 Å². The van der Waals surface area contributed by atoms with Gasteiger partial charge >= 0.3 is 18.2 Å². The molecule has 2 amide bonds. The number of hydrogen-bond donors (Lipinski definition) is 2. The Morgan fingerprint density at radius 1 is 1.29 bits per heavy atom. The smallest absolute Gasteiger partial charge is 0.444 e. The lowest BCUT2D eigenvalue weighted by Crippen LogP contribution is -2.58. The van der Waals surface area contributed by atoms with Crippen molar-refractivity contribution in [2.75, 3.05) is 13.1 Å². The molecule has 2 N–H and O–H groups in total. The lowest BCUT2D eigenvalue weighted by molar-refractivity contribution is -0.175. The predicted octanol–water partition coefficient (Wildman–Crippen LogP) is 1.04. The molecule has 0 spiro atoms. The molecule has 1 saturated heterocycles. The van der Waals surface area contributed by atoms with Crippen molar-refractivity contribution in [3.8, 4) is 0 Å². The summed E-state index contributed by atoms with van der Waals surface area (Å²) < 4.78 is 41.7. The number of rotatable bonds is 1. The average Bonchev–Trinajstić information content (AvgIpc) is 2.28. The van der Waals surface area contributed by atoms with Crippen LogP contribution in [0.1, 0.15) is 27.2 Å². The first-order valence-corrected chi connectivity index (χ1v) is 6.44. The number of hydrogen-bond acceptors (Lipinski definition) is 4. The van der Waals surface area contributed by atoms with Crippen molar-refractivity contribution in [1.29, 1.82) is 0 Å². The van der Waals surface area contributed by atoms with Crippen LogP contribution in [0.4, 0.5) is 18.0 Å². The van der Waals surface area contributed by atoms with E-state index in [1.54, 1.807) is 26.1 Å². The fraction of sp³-hybridized carbons (Fsp3) is 0.833. The standard InChI is InChI=1S/C12H19F3N2O4/c1-11(2,3)21-10(20)17-5-4-8(18)7(6-17)16-9(19)12(13,14)15/h7-8,18H,4-6H2,1-3H3,(H,16,19)/t7-,8-/m1/s1. The SMILES string of the molecule is CC(C)(C)OC(=O)N1CC[C@@H](O)[C@H](NC(=O)C(F)(F)F)C1. The summed E-state index contributed by atoms with van der Waals surface area (Å²) in [6, 6.07) is -1.18. The summed E-state index contributed by atoms with van der Waals surface area (Å²) in [6.07, 6.45) is -6.81. The summed E-state index contributed by atoms with van der Waals surface area (Å²) in [5.41, 5.74) is -0.738. The Balaban J connectivity index is 2.66. The van der Waals surface area contributed by atoms with Gasteiger partial charge in [-0.05, 0) is 27.2 Å². The van der Waals surface area contributed by atoms with Crippen LogP contribution in [-0.4, -0.2) is 59.0 Å². The van der Waals surface area contributed by atoms with Crippen LogP contribution in [0.2, 0.25) is 0 Å². The molecular formula is C12H19F3N2O4. The molecule has 6 nitrogen and oxygen atoms in total. The molecule has 21 heavy (non-hydrogen) atoms. The Labute approximate surface area is 120 Å². The van der Waals surface area contributed by atoms with Crippen LogP contribution >= 0.6 is 0 Å². The maximum absolute atomic E-state index is 12.2. The number of aliphatic hydroxyl groups excluding tert-OH is 1. The first-order chi connectivity index (χ1) is 9.40. The van der Waals surface area contributed by atoms with Crippen LogP contribution < -0.4 is 5.32 Å². The molecular weight excluding hydrogens is 293 g/mol. The molecule has 0 aromatic carbocycles. The summed E-state index contributed by atoms with van der Waals surface area (Å²) in [4.78, 5) is 23.9. The number of likely N-dealkylation sites (tertiary alicyclic amines) is 1. The number of aliphatic hydroxyl groups is 1. The molecule has 0 bridgehead atoms. The predicted molar refractivity (Wildman–Crippen MR) is 66.4 cm³/mol. The van der Waals surface area contributed by atoms with E-state index in [4.69, 9.17) is 4.74 Å². The number of halogens is 3. The molecule has 1 aliphatic rings. The van der Waals surface area contributed by atoms with E-state index in [0.29, 0.717) is 0 Å². The van der Waals surface area contributed by atoms with Crippen LogP contribution in [0, 0.1) is 0 Å². The number of nitrogens with zero attached hydrogens (tertiary/aromatic N) is 1. The van der Waals surface area contributed by atoms with Gasteiger partial charge < -0.3 is 20.1 Å². The summed E-state index contributed by atoms with van der Waals surface area (Å²) in [5, 5.41) is 11.3. The highest BCUT2D eigenvalue weighted by molar-refractivity contribution is 5.82. The molecule has 1 heterocycles. The second kappa shape index (κ2) is 6.08. The van der Waals surface area contributed by atoms with Gasteiger partial charge in [0.25, 0.3) is 0 Å². The Kier molecular flexibility index (Phi) is 5.08. The second-order valence-corrected chi connectivity index (χ2v) is 5.86. The lowest BCUT2D eigenvalue weighted by Gasteiger charge is -2.37. The van der Waals surface area contributed by atoms with Gasteiger partial charge in [0, 0.05) is 13.1 Å². The number of nitrogens with one attached hydrogen (secondary N) is 1. The third kappa shape index (κ3) is 5.41. The Morgan fingerprint density at radius 3 is 2.33 bits per heavy atom. The zero-order valence-electron chi connectivity index (χ0n) is 12.0. The van der Waals surface area contributed by atoms with E-state index in [2.05, 4.69) is 0 Å². The van der Waals surface area contributed by atoms with E-state index in [1.807, 2.05) is 0 Å². The summed E-state index contributed by atoms with van der Waals surface area (Å²) in [6.45, 7) is 4.89. The van der Waals surface area contributed by atoms with Crippen LogP contribution in [-0.2, 0) is 9.53 Å². The molecule has 0 aromatic heterocycles. The molecule has 0 aromatic rings. The van der Waals surface area contributed by atoms with Gasteiger partial charge in [0.1, 0.15) is 5.60 Å². The van der Waals surface area contributed by atoms with E-state index >= 15 is 0 Å². The normalized spacial score (nSPS) is 23.7. The summed E-state index contributed by atoms with van der Waals surface area (Å²) in [7, 11) is 0. The molecule has 0 aliphatic carbocycles. The van der Waals surface area contributed by atoms with E-state index in [9.17, 15) is 27.9 Å². The Hall–Kier alpha value is -1.51. The first kappa shape index (κ1) is 17.5. The van der Waals surface area contributed by atoms with Crippen molar-refractivity contribution in [3.05, 3.63) is 0 Å². The van der Waals surface area contributed by atoms with E-state index < -0.39 is 35.9 Å². The van der Waals surface area contributed by atoms with Gasteiger partial charge in [0.2, 0.25) is 0 Å². The maximum atomic E-state index is 12.2. The fourth-order valence-electron chi connectivity index (χ4n) is 1.82. The molecule has 0 unspecified atom stereocenters. The number of amides is 2. The zero-order chi connectivity index (χ0) is 16.4. The highest BCUT2D eigenvalue weighted by atomic mass is 19.4. The number of ether oxygens (including phenoxy) is 1. The van der Waals surface area contributed by atoms with E-state index in [-0.39, 0.29) is 19.5 Å². The molecule has 0 radical (unpaired) electrons. The summed E-state index contributed by atoms with van der Waals surface area (Å²) in [5.74, 6) is -2.14. The number of carbonyl (C=O) groups excluding carboxylic acids is 2. The first-order valence-electron chi connectivity index (χ1n) is 6.44. The summed E-state index contributed by atoms with van der Waals surface area (Å²) >= 11 is 0. The van der Waals surface area contributed by atoms with Gasteiger partial charge in [-0.2, -0.15) is 13.2 Å². The Bertz CT molecular complexity index is 406. The topological polar surface area (TPSA) is 78.9 Å². The van der Waals surface area contributed by atoms with Crippen molar-refractivity contribution >= 4 is 12.0 Å². The fourth-order valence-corrected chi connectivity index (χ4v) is 1.82. The molecule has 1 aliphatic heterocycles.